The number of carbonyl (C=O) groups excluding carboxylic acids is 1. The number of nitrogens with one attached hydrogen (secondary N) is 1. The van der Waals surface area contributed by atoms with Crippen LogP contribution in [0.15, 0.2) is 24.3 Å². The van der Waals surface area contributed by atoms with Gasteiger partial charge in [-0.15, -0.1) is 12.4 Å². The van der Waals surface area contributed by atoms with Crippen LogP contribution in [-0.2, 0) is 4.79 Å². The van der Waals surface area contributed by atoms with Gasteiger partial charge in [-0.05, 0) is 31.4 Å². The molecule has 1 unspecified atom stereocenters. The highest BCUT2D eigenvalue weighted by Crippen LogP contribution is 2.26. The van der Waals surface area contributed by atoms with Gasteiger partial charge in [0.2, 0.25) is 0 Å². The number of rotatable bonds is 9. The van der Waals surface area contributed by atoms with E-state index in [9.17, 15) is 4.79 Å². The molecule has 1 atom stereocenters. The number of halogens is 1. The number of ether oxygens (including phenoxy) is 2. The maximum atomic E-state index is 11.9. The third-order valence-electron chi connectivity index (χ3n) is 2.91. The van der Waals surface area contributed by atoms with Crippen LogP contribution in [0.4, 0.5) is 0 Å². The molecule has 1 rings (SSSR count). The Bertz CT molecular complexity index is 441. The monoisotopic (exact) mass is 330 g/mol. The van der Waals surface area contributed by atoms with Crippen LogP contribution in [0.3, 0.4) is 0 Å². The number of benzene rings is 1. The van der Waals surface area contributed by atoms with Crippen LogP contribution in [0.2, 0.25) is 0 Å². The number of hydrogen-bond acceptors (Lipinski definition) is 4. The predicted molar refractivity (Wildman–Crippen MR) is 90.8 cm³/mol. The molecular weight excluding hydrogens is 304 g/mol. The highest BCUT2D eigenvalue weighted by molar-refractivity contribution is 5.85. The molecule has 0 aliphatic heterocycles. The maximum Gasteiger partial charge on any atom is 0.258 e. The SMILES string of the molecule is CCOc1ccccc1OCC(=O)NC(CN)CC(C)C.Cl. The molecule has 6 heteroatoms. The summed E-state index contributed by atoms with van der Waals surface area (Å²) in [6.45, 7) is 7.04. The fourth-order valence-corrected chi connectivity index (χ4v) is 2.04. The second-order valence-electron chi connectivity index (χ2n) is 5.30. The number of carbonyl (C=O) groups is 1. The van der Waals surface area contributed by atoms with Gasteiger partial charge in [0.1, 0.15) is 0 Å². The van der Waals surface area contributed by atoms with E-state index in [2.05, 4.69) is 19.2 Å². The van der Waals surface area contributed by atoms with E-state index in [-0.39, 0.29) is 31.0 Å². The molecule has 0 bridgehead atoms. The Hall–Kier alpha value is -1.46. The third kappa shape index (κ3) is 7.52. The lowest BCUT2D eigenvalue weighted by Gasteiger charge is -2.19. The van der Waals surface area contributed by atoms with Crippen LogP contribution in [0.25, 0.3) is 0 Å². The standard InChI is InChI=1S/C16H26N2O3.ClH/c1-4-20-14-7-5-6-8-15(14)21-11-16(19)18-13(10-17)9-12(2)3;/h5-8,12-13H,4,9-11,17H2,1-3H3,(H,18,19);1H. The topological polar surface area (TPSA) is 73.6 Å². The molecule has 0 saturated carbocycles. The van der Waals surface area contributed by atoms with Crippen LogP contribution in [0, 0.1) is 5.92 Å². The predicted octanol–water partition coefficient (Wildman–Crippen LogP) is 2.38. The van der Waals surface area contributed by atoms with Crippen molar-refractivity contribution in [1.29, 1.82) is 0 Å². The van der Waals surface area contributed by atoms with E-state index >= 15 is 0 Å². The molecule has 0 saturated heterocycles. The molecule has 1 aromatic rings. The first-order valence-corrected chi connectivity index (χ1v) is 7.40. The number of hydrogen-bond donors (Lipinski definition) is 2. The van der Waals surface area contributed by atoms with Crippen LogP contribution in [-0.4, -0.2) is 31.7 Å². The molecule has 0 aromatic heterocycles. The molecule has 1 amide bonds. The van der Waals surface area contributed by atoms with Crippen molar-refractivity contribution in [1.82, 2.24) is 5.32 Å². The number of amides is 1. The summed E-state index contributed by atoms with van der Waals surface area (Å²) >= 11 is 0. The second kappa shape index (κ2) is 11.2. The van der Waals surface area contributed by atoms with Gasteiger partial charge in [-0.25, -0.2) is 0 Å². The molecule has 0 radical (unpaired) electrons. The lowest BCUT2D eigenvalue weighted by atomic mass is 10.0. The van der Waals surface area contributed by atoms with E-state index in [4.69, 9.17) is 15.2 Å². The van der Waals surface area contributed by atoms with Crippen molar-refractivity contribution in [3.63, 3.8) is 0 Å². The van der Waals surface area contributed by atoms with Crippen molar-refractivity contribution in [2.75, 3.05) is 19.8 Å². The molecule has 0 aliphatic rings. The molecule has 3 N–H and O–H groups in total. The van der Waals surface area contributed by atoms with E-state index < -0.39 is 0 Å². The minimum absolute atomic E-state index is 0. The van der Waals surface area contributed by atoms with Crippen molar-refractivity contribution in [3.05, 3.63) is 24.3 Å². The van der Waals surface area contributed by atoms with Gasteiger partial charge in [-0.2, -0.15) is 0 Å². The normalized spacial score (nSPS) is 11.5. The van der Waals surface area contributed by atoms with Crippen molar-refractivity contribution < 1.29 is 14.3 Å². The van der Waals surface area contributed by atoms with E-state index in [0.717, 1.165) is 6.42 Å². The molecule has 22 heavy (non-hydrogen) atoms. The summed E-state index contributed by atoms with van der Waals surface area (Å²) in [5.74, 6) is 1.53. The summed E-state index contributed by atoms with van der Waals surface area (Å²) in [5, 5.41) is 2.89. The Kier molecular flexibility index (Phi) is 10.4. The highest BCUT2D eigenvalue weighted by atomic mass is 35.5. The summed E-state index contributed by atoms with van der Waals surface area (Å²) in [5.41, 5.74) is 5.66. The summed E-state index contributed by atoms with van der Waals surface area (Å²) in [6.07, 6.45) is 0.859. The van der Waals surface area contributed by atoms with Crippen molar-refractivity contribution in [3.8, 4) is 11.5 Å². The minimum Gasteiger partial charge on any atom is -0.490 e. The summed E-state index contributed by atoms with van der Waals surface area (Å²) < 4.78 is 11.0. The molecule has 0 heterocycles. The fourth-order valence-electron chi connectivity index (χ4n) is 2.04. The van der Waals surface area contributed by atoms with E-state index in [0.29, 0.717) is 30.6 Å². The summed E-state index contributed by atoms with van der Waals surface area (Å²) in [6, 6.07) is 7.30. The van der Waals surface area contributed by atoms with Gasteiger partial charge in [-0.1, -0.05) is 26.0 Å². The zero-order valence-electron chi connectivity index (χ0n) is 13.5. The Balaban J connectivity index is 0.00000441. The first-order chi connectivity index (χ1) is 10.1. The highest BCUT2D eigenvalue weighted by Gasteiger charge is 2.13. The quantitative estimate of drug-likeness (QED) is 0.729. The Morgan fingerprint density at radius 2 is 1.82 bits per heavy atom. The van der Waals surface area contributed by atoms with Crippen molar-refractivity contribution >= 4 is 18.3 Å². The first kappa shape index (κ1) is 20.5. The molecule has 126 valence electrons. The average molecular weight is 331 g/mol. The summed E-state index contributed by atoms with van der Waals surface area (Å²) in [7, 11) is 0. The Morgan fingerprint density at radius 1 is 1.23 bits per heavy atom. The Morgan fingerprint density at radius 3 is 2.32 bits per heavy atom. The molecule has 0 aliphatic carbocycles. The van der Waals surface area contributed by atoms with Crippen LogP contribution in [0.1, 0.15) is 27.2 Å². The van der Waals surface area contributed by atoms with Gasteiger partial charge >= 0.3 is 0 Å². The van der Waals surface area contributed by atoms with E-state index in [1.54, 1.807) is 6.07 Å². The molecule has 5 nitrogen and oxygen atoms in total. The fraction of sp³-hybridized carbons (Fsp3) is 0.562. The zero-order valence-corrected chi connectivity index (χ0v) is 14.3. The van der Waals surface area contributed by atoms with E-state index in [1.807, 2.05) is 25.1 Å². The van der Waals surface area contributed by atoms with Gasteiger partial charge in [0, 0.05) is 12.6 Å². The third-order valence-corrected chi connectivity index (χ3v) is 2.91. The molecule has 0 spiro atoms. The maximum absolute atomic E-state index is 11.9. The van der Waals surface area contributed by atoms with Crippen LogP contribution >= 0.6 is 12.4 Å². The largest absolute Gasteiger partial charge is 0.490 e. The van der Waals surface area contributed by atoms with Crippen molar-refractivity contribution in [2.45, 2.75) is 33.2 Å². The Labute approximate surface area is 139 Å². The number of nitrogens with two attached hydrogens (primary N) is 1. The lowest BCUT2D eigenvalue weighted by molar-refractivity contribution is -0.123. The van der Waals surface area contributed by atoms with Crippen molar-refractivity contribution in [2.24, 2.45) is 11.7 Å². The first-order valence-electron chi connectivity index (χ1n) is 7.40. The van der Waals surface area contributed by atoms with Crippen LogP contribution in [0.5, 0.6) is 11.5 Å². The van der Waals surface area contributed by atoms with Gasteiger partial charge in [0.05, 0.1) is 6.61 Å². The second-order valence-corrected chi connectivity index (χ2v) is 5.30. The average Bonchev–Trinajstić information content (AvgIpc) is 2.45. The zero-order chi connectivity index (χ0) is 15.7. The molecule has 1 aromatic carbocycles. The molecule has 0 fully saturated rings. The van der Waals surface area contributed by atoms with Gasteiger partial charge in [-0.3, -0.25) is 4.79 Å². The van der Waals surface area contributed by atoms with E-state index in [1.165, 1.54) is 0 Å². The summed E-state index contributed by atoms with van der Waals surface area (Å²) in [4.78, 5) is 11.9. The minimum atomic E-state index is -0.169. The smallest absolute Gasteiger partial charge is 0.258 e. The number of para-hydroxylation sites is 2. The molecular formula is C16H27ClN2O3. The lowest BCUT2D eigenvalue weighted by Crippen LogP contribution is -2.43. The van der Waals surface area contributed by atoms with Crippen LogP contribution < -0.4 is 20.5 Å². The van der Waals surface area contributed by atoms with Gasteiger partial charge in [0.15, 0.2) is 18.1 Å². The van der Waals surface area contributed by atoms with Gasteiger partial charge in [0.25, 0.3) is 5.91 Å². The van der Waals surface area contributed by atoms with Gasteiger partial charge < -0.3 is 20.5 Å².